The van der Waals surface area contributed by atoms with Crippen LogP contribution in [0.3, 0.4) is 0 Å². The first kappa shape index (κ1) is 32.4. The van der Waals surface area contributed by atoms with Crippen LogP contribution in [-0.4, -0.2) is 35.0 Å². The predicted octanol–water partition coefficient (Wildman–Crippen LogP) is 9.65. The Morgan fingerprint density at radius 1 is 0.500 bits per heavy atom. The molecule has 0 aromatic rings. The lowest BCUT2D eigenvalue weighted by Gasteiger charge is -2.20. The predicted molar refractivity (Wildman–Crippen MR) is 147 cm³/mol. The van der Waals surface area contributed by atoms with Crippen LogP contribution in [0.25, 0.3) is 0 Å². The van der Waals surface area contributed by atoms with Crippen LogP contribution in [-0.2, 0) is 0 Å². The van der Waals surface area contributed by atoms with Crippen LogP contribution in [0.1, 0.15) is 156 Å². The van der Waals surface area contributed by atoms with Gasteiger partial charge in [0.15, 0.2) is 6.29 Å². The summed E-state index contributed by atoms with van der Waals surface area (Å²) < 4.78 is 0. The van der Waals surface area contributed by atoms with Crippen LogP contribution in [0.2, 0.25) is 0 Å². The van der Waals surface area contributed by atoms with Crippen molar-refractivity contribution in [1.82, 2.24) is 0 Å². The zero-order chi connectivity index (χ0) is 23.7. The molecule has 0 bridgehead atoms. The minimum absolute atomic E-state index is 0.00144. The first-order valence-electron chi connectivity index (χ1n) is 14.6. The second kappa shape index (κ2) is 26.0. The molecule has 0 spiro atoms. The second-order valence-corrected chi connectivity index (χ2v) is 13.3. The van der Waals surface area contributed by atoms with Gasteiger partial charge in [-0.25, -0.2) is 0 Å². The normalized spacial score (nSPS) is 12.8. The zero-order valence-corrected chi connectivity index (χ0v) is 23.4. The molecule has 0 amide bonds. The van der Waals surface area contributed by atoms with Gasteiger partial charge in [0, 0.05) is 6.42 Å². The van der Waals surface area contributed by atoms with Crippen LogP contribution in [0, 0.1) is 5.92 Å². The monoisotopic (exact) mass is 472 g/mol. The van der Waals surface area contributed by atoms with Gasteiger partial charge in [-0.05, 0) is 30.8 Å². The average molecular weight is 473 g/mol. The zero-order valence-electron chi connectivity index (χ0n) is 22.5. The van der Waals surface area contributed by atoms with Crippen LogP contribution in [0.4, 0.5) is 0 Å². The summed E-state index contributed by atoms with van der Waals surface area (Å²) in [5, 5.41) is 18.3. The van der Waals surface area contributed by atoms with Crippen LogP contribution >= 0.6 is 7.92 Å². The van der Waals surface area contributed by atoms with Gasteiger partial charge in [-0.15, -0.1) is 7.92 Å². The Hall–Kier alpha value is 0.350. The molecule has 32 heavy (non-hydrogen) atoms. The van der Waals surface area contributed by atoms with Crippen molar-refractivity contribution in [2.75, 3.05) is 18.5 Å². The highest BCUT2D eigenvalue weighted by Crippen LogP contribution is 2.39. The molecule has 2 N–H and O–H groups in total. The van der Waals surface area contributed by atoms with E-state index in [4.69, 9.17) is 10.2 Å². The largest absolute Gasteiger partial charge is 0.368 e. The minimum atomic E-state index is -1.11. The number of aliphatic hydroxyl groups excluding tert-OH is 1. The maximum absolute atomic E-state index is 9.14. The summed E-state index contributed by atoms with van der Waals surface area (Å²) in [6, 6.07) is 0. The topological polar surface area (TPSA) is 40.5 Å². The van der Waals surface area contributed by atoms with Crippen LogP contribution in [0.5, 0.6) is 0 Å². The van der Waals surface area contributed by atoms with Crippen molar-refractivity contribution in [3.05, 3.63) is 0 Å². The summed E-state index contributed by atoms with van der Waals surface area (Å²) in [5.41, 5.74) is 0. The smallest absolute Gasteiger partial charge is 0.151 e. The third kappa shape index (κ3) is 26.6. The number of hydrogen-bond acceptors (Lipinski definition) is 2. The molecule has 0 aromatic carbocycles. The lowest BCUT2D eigenvalue weighted by molar-refractivity contribution is -0.0406. The molecule has 0 saturated heterocycles. The molecule has 2 nitrogen and oxygen atoms in total. The van der Waals surface area contributed by atoms with Gasteiger partial charge in [-0.1, -0.05) is 143 Å². The highest BCUT2D eigenvalue weighted by Gasteiger charge is 2.11. The summed E-state index contributed by atoms with van der Waals surface area (Å²) in [7, 11) is 0.00144. The van der Waals surface area contributed by atoms with Crippen molar-refractivity contribution in [3.63, 3.8) is 0 Å². The van der Waals surface area contributed by atoms with Gasteiger partial charge in [0.2, 0.25) is 0 Å². The fourth-order valence-corrected chi connectivity index (χ4v) is 7.59. The average Bonchev–Trinajstić information content (AvgIpc) is 2.75. The van der Waals surface area contributed by atoms with Crippen molar-refractivity contribution in [2.24, 2.45) is 5.92 Å². The van der Waals surface area contributed by atoms with Crippen LogP contribution < -0.4 is 0 Å². The van der Waals surface area contributed by atoms with Gasteiger partial charge in [0.25, 0.3) is 0 Å². The van der Waals surface area contributed by atoms with Gasteiger partial charge >= 0.3 is 0 Å². The molecule has 3 heteroatoms. The van der Waals surface area contributed by atoms with Crippen molar-refractivity contribution >= 4 is 7.92 Å². The van der Waals surface area contributed by atoms with E-state index >= 15 is 0 Å². The van der Waals surface area contributed by atoms with Crippen LogP contribution in [0.15, 0.2) is 0 Å². The van der Waals surface area contributed by atoms with Gasteiger partial charge in [0.05, 0.1) is 0 Å². The van der Waals surface area contributed by atoms with E-state index in [0.717, 1.165) is 12.1 Å². The summed E-state index contributed by atoms with van der Waals surface area (Å²) in [5.74, 6) is 0.738. The number of aliphatic hydroxyl groups is 2. The molecule has 0 rings (SSSR count). The van der Waals surface area contributed by atoms with Gasteiger partial charge in [-0.2, -0.15) is 0 Å². The Bertz CT molecular complexity index is 346. The lowest BCUT2D eigenvalue weighted by atomic mass is 10.0. The molecular weight excluding hydrogens is 411 g/mol. The lowest BCUT2D eigenvalue weighted by Crippen LogP contribution is -2.09. The highest BCUT2D eigenvalue weighted by atomic mass is 31.1. The molecule has 0 radical (unpaired) electrons. The molecule has 0 saturated carbocycles. The molecule has 194 valence electrons. The van der Waals surface area contributed by atoms with E-state index in [1.165, 1.54) is 141 Å². The molecule has 0 aliphatic rings. The van der Waals surface area contributed by atoms with Gasteiger partial charge in [-0.3, -0.25) is 0 Å². The molecule has 0 aliphatic heterocycles. The van der Waals surface area contributed by atoms with E-state index in [1.807, 2.05) is 0 Å². The first-order chi connectivity index (χ1) is 15.6. The SMILES string of the molecule is CCCCCCCCCCCCCCCCCCCCCCP(CCC(O)O)CC(C)C. The summed E-state index contributed by atoms with van der Waals surface area (Å²) in [6.45, 7) is 6.88. The molecule has 0 heterocycles. The van der Waals surface area contributed by atoms with E-state index < -0.39 is 6.29 Å². The van der Waals surface area contributed by atoms with E-state index in [-0.39, 0.29) is 7.92 Å². The van der Waals surface area contributed by atoms with Crippen molar-refractivity contribution in [2.45, 2.75) is 162 Å². The summed E-state index contributed by atoms with van der Waals surface area (Å²) in [4.78, 5) is 0. The fraction of sp³-hybridized carbons (Fsp3) is 1.00. The van der Waals surface area contributed by atoms with E-state index in [1.54, 1.807) is 0 Å². The Labute approximate surface area is 204 Å². The Morgan fingerprint density at radius 2 is 0.844 bits per heavy atom. The summed E-state index contributed by atoms with van der Waals surface area (Å²) >= 11 is 0. The number of unbranched alkanes of at least 4 members (excludes halogenated alkanes) is 19. The molecular formula is C29H61O2P. The third-order valence-electron chi connectivity index (χ3n) is 6.65. The highest BCUT2D eigenvalue weighted by molar-refractivity contribution is 7.57. The molecule has 1 atom stereocenters. The molecule has 1 unspecified atom stereocenters. The van der Waals surface area contributed by atoms with Gasteiger partial charge < -0.3 is 10.2 Å². The second-order valence-electron chi connectivity index (χ2n) is 10.7. The van der Waals surface area contributed by atoms with E-state index in [9.17, 15) is 0 Å². The Balaban J connectivity index is 3.28. The summed E-state index contributed by atoms with van der Waals surface area (Å²) in [6.07, 6.45) is 31.8. The number of hydrogen-bond donors (Lipinski definition) is 2. The molecule has 0 aromatic heterocycles. The number of rotatable bonds is 26. The minimum Gasteiger partial charge on any atom is -0.368 e. The van der Waals surface area contributed by atoms with E-state index in [0.29, 0.717) is 6.42 Å². The maximum Gasteiger partial charge on any atom is 0.151 e. The van der Waals surface area contributed by atoms with Crippen molar-refractivity contribution < 1.29 is 10.2 Å². The van der Waals surface area contributed by atoms with Crippen molar-refractivity contribution in [3.8, 4) is 0 Å². The quantitative estimate of drug-likeness (QED) is 0.0747. The Kier molecular flexibility index (Phi) is 26.2. The standard InChI is InChI=1S/C29H61O2P/c1-4-5-6-7-8-9-10-11-12-13-14-15-16-17-18-19-20-21-22-23-25-32(27-28(2)3)26-24-29(30)31/h28-31H,4-27H2,1-3H3. The molecule has 0 aliphatic carbocycles. The maximum atomic E-state index is 9.14. The van der Waals surface area contributed by atoms with Gasteiger partial charge in [0.1, 0.15) is 0 Å². The van der Waals surface area contributed by atoms with Crippen molar-refractivity contribution in [1.29, 1.82) is 0 Å². The fourth-order valence-electron chi connectivity index (χ4n) is 4.70. The first-order valence-corrected chi connectivity index (χ1v) is 16.5. The van der Waals surface area contributed by atoms with E-state index in [2.05, 4.69) is 20.8 Å². The third-order valence-corrected chi connectivity index (χ3v) is 9.74. The Morgan fingerprint density at radius 3 is 1.16 bits per heavy atom. The molecule has 0 fully saturated rings.